The molecule has 1 aromatic heterocycles. The zero-order valence-corrected chi connectivity index (χ0v) is 18.5. The first-order valence-electron chi connectivity index (χ1n) is 11.0. The van der Waals surface area contributed by atoms with Crippen molar-refractivity contribution in [2.24, 2.45) is 11.8 Å². The second-order valence-corrected chi connectivity index (χ2v) is 9.08. The number of carbonyl (C=O) groups excluding carboxylic acids is 1. The summed E-state index contributed by atoms with van der Waals surface area (Å²) in [5, 5.41) is 9.88. The fourth-order valence-corrected chi connectivity index (χ4v) is 4.76. The molecular formula is C25H30ClN3O. The SMILES string of the molecule is CC1CCCC(NC(=O)CCCn2nc(-c3ccccc3)c3cc(Cl)ccc32)C1C. The Hall–Kier alpha value is -2.33. The lowest BCUT2D eigenvalue weighted by Gasteiger charge is -2.34. The molecule has 5 heteroatoms. The number of nitrogens with one attached hydrogen (secondary N) is 1. The molecule has 2 aromatic carbocycles. The number of aromatic nitrogens is 2. The smallest absolute Gasteiger partial charge is 0.220 e. The van der Waals surface area contributed by atoms with Crippen LogP contribution in [-0.4, -0.2) is 21.7 Å². The van der Waals surface area contributed by atoms with E-state index in [2.05, 4.69) is 31.3 Å². The Bertz CT molecular complexity index is 1010. The summed E-state index contributed by atoms with van der Waals surface area (Å²) in [4.78, 5) is 12.5. The van der Waals surface area contributed by atoms with Crippen molar-refractivity contribution in [2.45, 2.75) is 58.5 Å². The van der Waals surface area contributed by atoms with Gasteiger partial charge in [-0.1, -0.05) is 68.6 Å². The molecule has 1 fully saturated rings. The fourth-order valence-electron chi connectivity index (χ4n) is 4.59. The molecule has 158 valence electrons. The maximum Gasteiger partial charge on any atom is 0.220 e. The van der Waals surface area contributed by atoms with E-state index in [1.165, 1.54) is 12.8 Å². The van der Waals surface area contributed by atoms with Crippen molar-refractivity contribution in [1.29, 1.82) is 0 Å². The third-order valence-electron chi connectivity index (χ3n) is 6.59. The van der Waals surface area contributed by atoms with Gasteiger partial charge in [0.1, 0.15) is 5.69 Å². The van der Waals surface area contributed by atoms with Gasteiger partial charge in [-0.25, -0.2) is 0 Å². The van der Waals surface area contributed by atoms with Gasteiger partial charge in [-0.2, -0.15) is 5.10 Å². The van der Waals surface area contributed by atoms with Gasteiger partial charge >= 0.3 is 0 Å². The number of fused-ring (bicyclic) bond motifs is 1. The highest BCUT2D eigenvalue weighted by atomic mass is 35.5. The zero-order valence-electron chi connectivity index (χ0n) is 17.8. The molecule has 3 atom stereocenters. The van der Waals surface area contributed by atoms with Crippen LogP contribution in [0.4, 0.5) is 0 Å². The Kier molecular flexibility index (Phi) is 6.43. The molecule has 0 aliphatic heterocycles. The molecule has 3 unspecified atom stereocenters. The summed E-state index contributed by atoms with van der Waals surface area (Å²) in [7, 11) is 0. The lowest BCUT2D eigenvalue weighted by atomic mass is 9.78. The minimum absolute atomic E-state index is 0.156. The topological polar surface area (TPSA) is 46.9 Å². The van der Waals surface area contributed by atoms with E-state index in [0.29, 0.717) is 35.9 Å². The van der Waals surface area contributed by atoms with Crippen LogP contribution in [0, 0.1) is 11.8 Å². The Morgan fingerprint density at radius 3 is 2.77 bits per heavy atom. The maximum absolute atomic E-state index is 12.5. The van der Waals surface area contributed by atoms with Crippen molar-refractivity contribution < 1.29 is 4.79 Å². The van der Waals surface area contributed by atoms with Gasteiger partial charge in [-0.3, -0.25) is 9.48 Å². The van der Waals surface area contributed by atoms with Crippen LogP contribution in [0.15, 0.2) is 48.5 Å². The van der Waals surface area contributed by atoms with Crippen LogP contribution >= 0.6 is 11.6 Å². The zero-order chi connectivity index (χ0) is 21.1. The normalized spacial score (nSPS) is 21.6. The van der Waals surface area contributed by atoms with E-state index in [-0.39, 0.29) is 5.91 Å². The number of rotatable bonds is 6. The summed E-state index contributed by atoms with van der Waals surface area (Å²) in [5.41, 5.74) is 3.05. The van der Waals surface area contributed by atoms with Gasteiger partial charge in [0.2, 0.25) is 5.91 Å². The van der Waals surface area contributed by atoms with Gasteiger partial charge < -0.3 is 5.32 Å². The lowest BCUT2D eigenvalue weighted by Crippen LogP contribution is -2.43. The summed E-state index contributed by atoms with van der Waals surface area (Å²) >= 11 is 6.26. The second kappa shape index (κ2) is 9.22. The van der Waals surface area contributed by atoms with Crippen LogP contribution < -0.4 is 5.32 Å². The van der Waals surface area contributed by atoms with E-state index < -0.39 is 0 Å². The molecule has 3 aromatic rings. The van der Waals surface area contributed by atoms with Crippen molar-refractivity contribution in [3.05, 3.63) is 53.6 Å². The quantitative estimate of drug-likeness (QED) is 0.522. The number of amides is 1. The lowest BCUT2D eigenvalue weighted by molar-refractivity contribution is -0.122. The highest BCUT2D eigenvalue weighted by Crippen LogP contribution is 2.31. The van der Waals surface area contributed by atoms with E-state index in [4.69, 9.17) is 16.7 Å². The standard InChI is InChI=1S/C25H30ClN3O/c1-17-8-6-11-22(18(17)2)27-24(30)12-7-15-29-23-14-13-20(26)16-21(23)25(28-29)19-9-4-3-5-10-19/h3-5,9-10,13-14,16-18,22H,6-8,11-12,15H2,1-2H3,(H,27,30). The van der Waals surface area contributed by atoms with Crippen LogP contribution in [0.1, 0.15) is 46.0 Å². The van der Waals surface area contributed by atoms with Crippen molar-refractivity contribution in [2.75, 3.05) is 0 Å². The first kappa shape index (κ1) is 20.9. The van der Waals surface area contributed by atoms with E-state index in [9.17, 15) is 4.79 Å². The van der Waals surface area contributed by atoms with Crippen molar-refractivity contribution >= 4 is 28.4 Å². The van der Waals surface area contributed by atoms with E-state index in [0.717, 1.165) is 35.0 Å². The van der Waals surface area contributed by atoms with Crippen molar-refractivity contribution in [3.63, 3.8) is 0 Å². The summed E-state index contributed by atoms with van der Waals surface area (Å²) in [6.45, 7) is 5.26. The molecule has 0 spiro atoms. The molecule has 0 radical (unpaired) electrons. The third kappa shape index (κ3) is 4.54. The van der Waals surface area contributed by atoms with E-state index in [1.54, 1.807) is 0 Å². The van der Waals surface area contributed by atoms with Crippen molar-refractivity contribution in [1.82, 2.24) is 15.1 Å². The van der Waals surface area contributed by atoms with Gasteiger partial charge in [0.25, 0.3) is 0 Å². The molecule has 1 aliphatic rings. The second-order valence-electron chi connectivity index (χ2n) is 8.64. The number of hydrogen-bond donors (Lipinski definition) is 1. The molecule has 1 saturated carbocycles. The molecule has 1 heterocycles. The van der Waals surface area contributed by atoms with Crippen LogP contribution in [0.25, 0.3) is 22.2 Å². The van der Waals surface area contributed by atoms with E-state index in [1.807, 2.05) is 41.1 Å². The molecule has 0 saturated heterocycles. The van der Waals surface area contributed by atoms with Crippen LogP contribution in [0.2, 0.25) is 5.02 Å². The Morgan fingerprint density at radius 2 is 1.97 bits per heavy atom. The first-order chi connectivity index (χ1) is 14.5. The number of halogens is 1. The minimum atomic E-state index is 0.156. The highest BCUT2D eigenvalue weighted by molar-refractivity contribution is 6.31. The summed E-state index contributed by atoms with van der Waals surface area (Å²) < 4.78 is 2.01. The average Bonchev–Trinajstić information content (AvgIpc) is 3.10. The van der Waals surface area contributed by atoms with Crippen LogP contribution in [0.3, 0.4) is 0 Å². The van der Waals surface area contributed by atoms with Crippen molar-refractivity contribution in [3.8, 4) is 11.3 Å². The van der Waals surface area contributed by atoms with Gasteiger partial charge in [0.15, 0.2) is 0 Å². The number of nitrogens with zero attached hydrogens (tertiary/aromatic N) is 2. The first-order valence-corrected chi connectivity index (χ1v) is 11.4. The molecule has 4 rings (SSSR count). The summed E-state index contributed by atoms with van der Waals surface area (Å²) in [6.07, 6.45) is 4.86. The Labute approximate surface area is 183 Å². The Balaban J connectivity index is 1.44. The predicted molar refractivity (Wildman–Crippen MR) is 124 cm³/mol. The van der Waals surface area contributed by atoms with Gasteiger partial charge in [-0.05, 0) is 42.9 Å². The number of aryl methyl sites for hydroxylation is 1. The van der Waals surface area contributed by atoms with Crippen LogP contribution in [-0.2, 0) is 11.3 Å². The fraction of sp³-hybridized carbons (Fsp3) is 0.440. The molecule has 1 aliphatic carbocycles. The van der Waals surface area contributed by atoms with E-state index >= 15 is 0 Å². The minimum Gasteiger partial charge on any atom is -0.353 e. The average molecular weight is 424 g/mol. The maximum atomic E-state index is 12.5. The Morgan fingerprint density at radius 1 is 1.17 bits per heavy atom. The van der Waals surface area contributed by atoms with Crippen LogP contribution in [0.5, 0.6) is 0 Å². The number of benzene rings is 2. The summed E-state index contributed by atoms with van der Waals surface area (Å²) in [6, 6.07) is 16.4. The van der Waals surface area contributed by atoms with Gasteiger partial charge in [-0.15, -0.1) is 0 Å². The number of hydrogen-bond acceptors (Lipinski definition) is 2. The monoisotopic (exact) mass is 423 g/mol. The molecule has 30 heavy (non-hydrogen) atoms. The third-order valence-corrected chi connectivity index (χ3v) is 6.82. The van der Waals surface area contributed by atoms with Gasteiger partial charge in [0, 0.05) is 35.0 Å². The summed E-state index contributed by atoms with van der Waals surface area (Å²) in [5.74, 6) is 1.39. The molecular weight excluding hydrogens is 394 g/mol. The molecule has 0 bridgehead atoms. The predicted octanol–water partition coefficient (Wildman–Crippen LogP) is 6.08. The molecule has 4 nitrogen and oxygen atoms in total. The number of carbonyl (C=O) groups is 1. The van der Waals surface area contributed by atoms with Gasteiger partial charge in [0.05, 0.1) is 5.52 Å². The molecule has 1 N–H and O–H groups in total. The highest BCUT2D eigenvalue weighted by Gasteiger charge is 2.27. The largest absolute Gasteiger partial charge is 0.353 e. The molecule has 1 amide bonds.